The van der Waals surface area contributed by atoms with Crippen molar-refractivity contribution in [2.75, 3.05) is 13.2 Å². The van der Waals surface area contributed by atoms with Crippen LogP contribution in [0.25, 0.3) is 0 Å². The van der Waals surface area contributed by atoms with Crippen molar-refractivity contribution in [2.45, 2.75) is 17.7 Å². The van der Waals surface area contributed by atoms with Gasteiger partial charge in [-0.05, 0) is 23.9 Å². The van der Waals surface area contributed by atoms with Gasteiger partial charge in [0.05, 0.1) is 6.61 Å². The Morgan fingerprint density at radius 2 is 1.91 bits per heavy atom. The van der Waals surface area contributed by atoms with Crippen molar-refractivity contribution in [1.29, 1.82) is 0 Å². The lowest BCUT2D eigenvalue weighted by molar-refractivity contribution is -0.143. The summed E-state index contributed by atoms with van der Waals surface area (Å²) < 4.78 is 31.6. The molecule has 2 rings (SSSR count). The lowest BCUT2D eigenvalue weighted by Crippen LogP contribution is -2.35. The molecule has 2 aromatic rings. The van der Waals surface area contributed by atoms with Gasteiger partial charge in [-0.3, -0.25) is 4.79 Å². The van der Waals surface area contributed by atoms with Gasteiger partial charge >= 0.3 is 5.97 Å². The molecule has 0 bridgehead atoms. The number of ether oxygens (including phenoxy) is 1. The SMILES string of the molecule is CCOC(=O)CN(Cc1ccccc1)S(=O)(=O)c1cccs1. The van der Waals surface area contributed by atoms with Crippen LogP contribution in [0.4, 0.5) is 0 Å². The van der Waals surface area contributed by atoms with E-state index in [1.165, 1.54) is 6.07 Å². The molecule has 22 heavy (non-hydrogen) atoms. The molecule has 0 unspecified atom stereocenters. The number of benzene rings is 1. The minimum atomic E-state index is -3.72. The van der Waals surface area contributed by atoms with Crippen LogP contribution in [-0.4, -0.2) is 31.8 Å². The second kappa shape index (κ2) is 7.53. The molecule has 5 nitrogen and oxygen atoms in total. The first-order valence-corrected chi connectivity index (χ1v) is 9.09. The van der Waals surface area contributed by atoms with Crippen LogP contribution in [0.1, 0.15) is 12.5 Å². The van der Waals surface area contributed by atoms with Crippen molar-refractivity contribution in [3.05, 3.63) is 53.4 Å². The van der Waals surface area contributed by atoms with Crippen LogP contribution in [0, 0.1) is 0 Å². The highest BCUT2D eigenvalue weighted by Crippen LogP contribution is 2.22. The highest BCUT2D eigenvalue weighted by atomic mass is 32.2. The Morgan fingerprint density at radius 1 is 1.18 bits per heavy atom. The molecule has 0 atom stereocenters. The fourth-order valence-electron chi connectivity index (χ4n) is 1.90. The Bertz CT molecular complexity index is 696. The minimum absolute atomic E-state index is 0.125. The van der Waals surface area contributed by atoms with Crippen molar-refractivity contribution in [1.82, 2.24) is 4.31 Å². The standard InChI is InChI=1S/C15H17NO4S2/c1-2-20-14(17)12-16(11-13-7-4-3-5-8-13)22(18,19)15-9-6-10-21-15/h3-10H,2,11-12H2,1H3. The maximum absolute atomic E-state index is 12.7. The van der Waals surface area contributed by atoms with E-state index < -0.39 is 16.0 Å². The molecule has 0 saturated carbocycles. The molecule has 0 aliphatic heterocycles. The van der Waals surface area contributed by atoms with E-state index >= 15 is 0 Å². The lowest BCUT2D eigenvalue weighted by Gasteiger charge is -2.20. The van der Waals surface area contributed by atoms with Gasteiger partial charge in [0, 0.05) is 6.54 Å². The molecule has 7 heteroatoms. The van der Waals surface area contributed by atoms with Gasteiger partial charge in [0.25, 0.3) is 10.0 Å². The van der Waals surface area contributed by atoms with E-state index in [0.717, 1.165) is 21.2 Å². The van der Waals surface area contributed by atoms with Gasteiger partial charge < -0.3 is 4.74 Å². The van der Waals surface area contributed by atoms with Gasteiger partial charge in [-0.25, -0.2) is 8.42 Å². The number of thiophene rings is 1. The number of carbonyl (C=O) groups excluding carboxylic acids is 1. The summed E-state index contributed by atoms with van der Waals surface area (Å²) >= 11 is 1.13. The molecular weight excluding hydrogens is 322 g/mol. The van der Waals surface area contributed by atoms with Crippen LogP contribution >= 0.6 is 11.3 Å². The second-order valence-corrected chi connectivity index (χ2v) is 7.61. The fourth-order valence-corrected chi connectivity index (χ4v) is 4.42. The maximum Gasteiger partial charge on any atom is 0.321 e. The van der Waals surface area contributed by atoms with Gasteiger partial charge in [-0.15, -0.1) is 11.3 Å². The molecular formula is C15H17NO4S2. The van der Waals surface area contributed by atoms with Crippen LogP contribution < -0.4 is 0 Å². The van der Waals surface area contributed by atoms with Crippen LogP contribution in [0.3, 0.4) is 0 Å². The van der Waals surface area contributed by atoms with Gasteiger partial charge in [-0.2, -0.15) is 4.31 Å². The van der Waals surface area contributed by atoms with E-state index in [0.29, 0.717) is 0 Å². The molecule has 0 spiro atoms. The molecule has 0 aliphatic rings. The third kappa shape index (κ3) is 4.16. The summed E-state index contributed by atoms with van der Waals surface area (Å²) in [5.41, 5.74) is 0.812. The predicted molar refractivity (Wildman–Crippen MR) is 85.0 cm³/mol. The zero-order valence-corrected chi connectivity index (χ0v) is 13.8. The molecule has 1 aromatic heterocycles. The number of hydrogen-bond acceptors (Lipinski definition) is 5. The predicted octanol–water partition coefficient (Wildman–Crippen LogP) is 2.50. The first kappa shape index (κ1) is 16.7. The Balaban J connectivity index is 2.27. The number of rotatable bonds is 7. The highest BCUT2D eigenvalue weighted by Gasteiger charge is 2.28. The summed E-state index contributed by atoms with van der Waals surface area (Å²) in [6.07, 6.45) is 0. The van der Waals surface area contributed by atoms with Gasteiger partial charge in [0.15, 0.2) is 0 Å². The maximum atomic E-state index is 12.7. The monoisotopic (exact) mass is 339 g/mol. The summed E-state index contributed by atoms with van der Waals surface area (Å²) in [6.45, 7) is 1.73. The van der Waals surface area contributed by atoms with Crippen molar-refractivity contribution >= 4 is 27.3 Å². The van der Waals surface area contributed by atoms with Crippen molar-refractivity contribution in [2.24, 2.45) is 0 Å². The lowest BCUT2D eigenvalue weighted by atomic mass is 10.2. The molecule has 0 radical (unpaired) electrons. The molecule has 1 heterocycles. The van der Waals surface area contributed by atoms with Gasteiger partial charge in [-0.1, -0.05) is 36.4 Å². The topological polar surface area (TPSA) is 63.7 Å². The van der Waals surface area contributed by atoms with E-state index in [-0.39, 0.29) is 23.9 Å². The summed E-state index contributed by atoms with van der Waals surface area (Å²) in [6, 6.07) is 12.4. The normalized spacial score (nSPS) is 11.5. The fraction of sp³-hybridized carbons (Fsp3) is 0.267. The first-order chi connectivity index (χ1) is 10.5. The largest absolute Gasteiger partial charge is 0.465 e. The number of esters is 1. The molecule has 0 aliphatic carbocycles. The second-order valence-electron chi connectivity index (χ2n) is 4.50. The molecule has 0 amide bonds. The summed E-state index contributed by atoms with van der Waals surface area (Å²) in [7, 11) is -3.72. The number of nitrogens with zero attached hydrogens (tertiary/aromatic N) is 1. The number of hydrogen-bond donors (Lipinski definition) is 0. The Morgan fingerprint density at radius 3 is 2.50 bits per heavy atom. The van der Waals surface area contributed by atoms with Crippen LogP contribution in [0.15, 0.2) is 52.1 Å². The number of sulfonamides is 1. The zero-order valence-electron chi connectivity index (χ0n) is 12.1. The van der Waals surface area contributed by atoms with E-state index in [1.54, 1.807) is 18.4 Å². The van der Waals surface area contributed by atoms with Gasteiger partial charge in [0.1, 0.15) is 10.8 Å². The molecule has 1 aromatic carbocycles. The highest BCUT2D eigenvalue weighted by molar-refractivity contribution is 7.91. The average molecular weight is 339 g/mol. The number of carbonyl (C=O) groups is 1. The zero-order chi connectivity index (χ0) is 16.0. The van der Waals surface area contributed by atoms with Crippen molar-refractivity contribution < 1.29 is 17.9 Å². The smallest absolute Gasteiger partial charge is 0.321 e. The van der Waals surface area contributed by atoms with E-state index in [4.69, 9.17) is 4.74 Å². The quantitative estimate of drug-likeness (QED) is 0.727. The van der Waals surface area contributed by atoms with Gasteiger partial charge in [0.2, 0.25) is 0 Å². The Labute approximate surface area is 134 Å². The molecule has 0 N–H and O–H groups in total. The average Bonchev–Trinajstić information content (AvgIpc) is 3.03. The third-order valence-electron chi connectivity index (χ3n) is 2.90. The van der Waals surface area contributed by atoms with Crippen molar-refractivity contribution in [3.8, 4) is 0 Å². The van der Waals surface area contributed by atoms with Crippen molar-refractivity contribution in [3.63, 3.8) is 0 Å². The van der Waals surface area contributed by atoms with Crippen LogP contribution in [0.2, 0.25) is 0 Å². The molecule has 0 fully saturated rings. The van der Waals surface area contributed by atoms with Crippen LogP contribution in [0.5, 0.6) is 0 Å². The summed E-state index contributed by atoms with van der Waals surface area (Å²) in [5.74, 6) is -0.557. The minimum Gasteiger partial charge on any atom is -0.465 e. The van der Waals surface area contributed by atoms with E-state index in [1.807, 2.05) is 30.3 Å². The Hall–Kier alpha value is -1.70. The molecule has 0 saturated heterocycles. The summed E-state index contributed by atoms with van der Waals surface area (Å²) in [4.78, 5) is 11.7. The molecule has 118 valence electrons. The third-order valence-corrected chi connectivity index (χ3v) is 6.07. The first-order valence-electron chi connectivity index (χ1n) is 6.77. The Kier molecular flexibility index (Phi) is 5.70. The summed E-state index contributed by atoms with van der Waals surface area (Å²) in [5, 5.41) is 1.69. The van der Waals surface area contributed by atoms with E-state index in [9.17, 15) is 13.2 Å². The van der Waals surface area contributed by atoms with Crippen LogP contribution in [-0.2, 0) is 26.1 Å². The van der Waals surface area contributed by atoms with E-state index in [2.05, 4.69) is 0 Å².